The van der Waals surface area contributed by atoms with Gasteiger partial charge in [-0.2, -0.15) is 0 Å². The van der Waals surface area contributed by atoms with Gasteiger partial charge in [-0.15, -0.1) is 11.6 Å². The lowest BCUT2D eigenvalue weighted by Gasteiger charge is -2.15. The van der Waals surface area contributed by atoms with Gasteiger partial charge in [0.1, 0.15) is 5.82 Å². The van der Waals surface area contributed by atoms with E-state index in [9.17, 15) is 4.39 Å². The highest BCUT2D eigenvalue weighted by molar-refractivity contribution is 6.31. The molecule has 0 radical (unpaired) electrons. The third-order valence-electron chi connectivity index (χ3n) is 3.10. The van der Waals surface area contributed by atoms with Crippen molar-refractivity contribution in [1.29, 1.82) is 0 Å². The molecule has 0 nitrogen and oxygen atoms in total. The highest BCUT2D eigenvalue weighted by Gasteiger charge is 2.12. The Hall–Kier alpha value is -1.05. The maximum absolute atomic E-state index is 13.2. The fraction of sp³-hybridized carbons (Fsp3) is 0.250. The van der Waals surface area contributed by atoms with Crippen molar-refractivity contribution in [3.8, 4) is 0 Å². The molecule has 0 saturated heterocycles. The zero-order chi connectivity index (χ0) is 13.7. The summed E-state index contributed by atoms with van der Waals surface area (Å²) in [6.45, 7) is 0. The van der Waals surface area contributed by atoms with Crippen molar-refractivity contribution >= 4 is 23.2 Å². The van der Waals surface area contributed by atoms with Crippen LogP contribution in [-0.2, 0) is 12.8 Å². The van der Waals surface area contributed by atoms with Crippen LogP contribution < -0.4 is 0 Å². The first kappa shape index (κ1) is 14.4. The first-order chi connectivity index (χ1) is 9.19. The first-order valence-electron chi connectivity index (χ1n) is 6.23. The van der Waals surface area contributed by atoms with E-state index in [4.69, 9.17) is 23.2 Å². The lowest BCUT2D eigenvalue weighted by Crippen LogP contribution is -2.10. The van der Waals surface area contributed by atoms with E-state index in [0.29, 0.717) is 5.88 Å². The zero-order valence-electron chi connectivity index (χ0n) is 10.5. The van der Waals surface area contributed by atoms with Crippen molar-refractivity contribution in [2.24, 2.45) is 5.92 Å². The molecular formula is C16H15Cl2F. The second-order valence-corrected chi connectivity index (χ2v) is 5.37. The Morgan fingerprint density at radius 1 is 1.00 bits per heavy atom. The summed E-state index contributed by atoms with van der Waals surface area (Å²) in [6.07, 6.45) is 1.56. The van der Waals surface area contributed by atoms with Gasteiger partial charge in [0, 0.05) is 10.9 Å². The predicted octanol–water partition coefficient (Wildman–Crippen LogP) is 5.12. The molecule has 0 amide bonds. The van der Waals surface area contributed by atoms with Gasteiger partial charge in [-0.25, -0.2) is 4.39 Å². The summed E-state index contributed by atoms with van der Waals surface area (Å²) in [6, 6.07) is 14.4. The van der Waals surface area contributed by atoms with Crippen molar-refractivity contribution < 1.29 is 4.39 Å². The molecule has 19 heavy (non-hydrogen) atoms. The summed E-state index contributed by atoms with van der Waals surface area (Å²) in [4.78, 5) is 0. The van der Waals surface area contributed by atoms with Crippen LogP contribution in [0.5, 0.6) is 0 Å². The Labute approximate surface area is 123 Å². The van der Waals surface area contributed by atoms with Crippen molar-refractivity contribution in [2.75, 3.05) is 5.88 Å². The van der Waals surface area contributed by atoms with Gasteiger partial charge in [-0.3, -0.25) is 0 Å². The molecule has 0 aliphatic heterocycles. The first-order valence-corrected chi connectivity index (χ1v) is 7.14. The van der Waals surface area contributed by atoms with Gasteiger partial charge in [0.05, 0.1) is 0 Å². The monoisotopic (exact) mass is 296 g/mol. The van der Waals surface area contributed by atoms with Crippen LogP contribution in [0.3, 0.4) is 0 Å². The fourth-order valence-corrected chi connectivity index (χ4v) is 2.58. The van der Waals surface area contributed by atoms with E-state index >= 15 is 0 Å². The predicted molar refractivity (Wildman–Crippen MR) is 79.5 cm³/mol. The van der Waals surface area contributed by atoms with Crippen LogP contribution in [0.2, 0.25) is 5.02 Å². The molecule has 0 aromatic heterocycles. The molecule has 2 aromatic rings. The summed E-state index contributed by atoms with van der Waals surface area (Å²) in [5.74, 6) is 0.578. The van der Waals surface area contributed by atoms with Crippen LogP contribution in [0.4, 0.5) is 4.39 Å². The number of benzene rings is 2. The SMILES string of the molecule is Fc1cccc(CC(CCl)Cc2ccccc2Cl)c1. The van der Waals surface area contributed by atoms with Crippen molar-refractivity contribution in [3.63, 3.8) is 0 Å². The summed E-state index contributed by atoms with van der Waals surface area (Å²) in [7, 11) is 0. The summed E-state index contributed by atoms with van der Waals surface area (Å²) < 4.78 is 13.2. The van der Waals surface area contributed by atoms with Crippen molar-refractivity contribution in [3.05, 3.63) is 70.5 Å². The van der Waals surface area contributed by atoms with E-state index in [0.717, 1.165) is 29.0 Å². The molecule has 2 rings (SSSR count). The van der Waals surface area contributed by atoms with E-state index in [1.165, 1.54) is 6.07 Å². The van der Waals surface area contributed by atoms with Gasteiger partial charge in [-0.05, 0) is 48.1 Å². The maximum Gasteiger partial charge on any atom is 0.123 e. The van der Waals surface area contributed by atoms with Crippen molar-refractivity contribution in [1.82, 2.24) is 0 Å². The molecule has 3 heteroatoms. The molecule has 1 unspecified atom stereocenters. The second-order valence-electron chi connectivity index (χ2n) is 4.65. The Morgan fingerprint density at radius 3 is 2.47 bits per heavy atom. The highest BCUT2D eigenvalue weighted by atomic mass is 35.5. The average Bonchev–Trinajstić information content (AvgIpc) is 2.40. The van der Waals surface area contributed by atoms with Crippen LogP contribution in [-0.4, -0.2) is 5.88 Å². The smallest absolute Gasteiger partial charge is 0.123 e. The standard InChI is InChI=1S/C16H15Cl2F/c17-11-13(8-12-4-3-6-15(19)10-12)9-14-5-1-2-7-16(14)18/h1-7,10,13H,8-9,11H2. The number of halogens is 3. The Balaban J connectivity index is 2.07. The molecule has 0 bridgehead atoms. The minimum Gasteiger partial charge on any atom is -0.207 e. The molecular weight excluding hydrogens is 282 g/mol. The summed E-state index contributed by atoms with van der Waals surface area (Å²) in [5.41, 5.74) is 2.06. The van der Waals surface area contributed by atoms with Gasteiger partial charge in [-0.1, -0.05) is 41.9 Å². The largest absolute Gasteiger partial charge is 0.207 e. The van der Waals surface area contributed by atoms with Crippen LogP contribution in [0.15, 0.2) is 48.5 Å². The highest BCUT2D eigenvalue weighted by Crippen LogP contribution is 2.22. The van der Waals surface area contributed by atoms with Crippen LogP contribution in [0, 0.1) is 11.7 Å². The molecule has 0 saturated carbocycles. The average molecular weight is 297 g/mol. The quantitative estimate of drug-likeness (QED) is 0.672. The molecule has 1 atom stereocenters. The second kappa shape index (κ2) is 6.93. The van der Waals surface area contributed by atoms with Crippen LogP contribution >= 0.6 is 23.2 Å². The third-order valence-corrected chi connectivity index (χ3v) is 3.90. The van der Waals surface area contributed by atoms with E-state index < -0.39 is 0 Å². The summed E-state index contributed by atoms with van der Waals surface area (Å²) >= 11 is 12.2. The number of hydrogen-bond donors (Lipinski definition) is 0. The molecule has 100 valence electrons. The molecule has 0 N–H and O–H groups in total. The fourth-order valence-electron chi connectivity index (χ4n) is 2.15. The van der Waals surface area contributed by atoms with E-state index in [1.807, 2.05) is 30.3 Å². The van der Waals surface area contributed by atoms with Gasteiger partial charge in [0.15, 0.2) is 0 Å². The lowest BCUT2D eigenvalue weighted by molar-refractivity contribution is 0.576. The Kier molecular flexibility index (Phi) is 5.24. The van der Waals surface area contributed by atoms with Gasteiger partial charge < -0.3 is 0 Å². The zero-order valence-corrected chi connectivity index (χ0v) is 12.0. The van der Waals surface area contributed by atoms with E-state index in [2.05, 4.69) is 0 Å². The molecule has 2 aromatic carbocycles. The molecule has 0 fully saturated rings. The van der Waals surface area contributed by atoms with Crippen molar-refractivity contribution in [2.45, 2.75) is 12.8 Å². The van der Waals surface area contributed by atoms with E-state index in [-0.39, 0.29) is 11.7 Å². The molecule has 0 aliphatic rings. The Morgan fingerprint density at radius 2 is 1.79 bits per heavy atom. The normalized spacial score (nSPS) is 12.4. The Bertz CT molecular complexity index is 540. The van der Waals surface area contributed by atoms with Gasteiger partial charge in [0.25, 0.3) is 0 Å². The molecule has 0 heterocycles. The number of hydrogen-bond acceptors (Lipinski definition) is 0. The number of rotatable bonds is 5. The van der Waals surface area contributed by atoms with E-state index in [1.54, 1.807) is 12.1 Å². The lowest BCUT2D eigenvalue weighted by atomic mass is 9.94. The topological polar surface area (TPSA) is 0 Å². The minimum absolute atomic E-state index is 0.205. The van der Waals surface area contributed by atoms with Crippen LogP contribution in [0.1, 0.15) is 11.1 Å². The minimum atomic E-state index is -0.205. The molecule has 0 aliphatic carbocycles. The van der Waals surface area contributed by atoms with Gasteiger partial charge in [0.2, 0.25) is 0 Å². The molecule has 0 spiro atoms. The third kappa shape index (κ3) is 4.22. The summed E-state index contributed by atoms with van der Waals surface area (Å²) in [5, 5.41) is 0.761. The van der Waals surface area contributed by atoms with Gasteiger partial charge >= 0.3 is 0 Å². The van der Waals surface area contributed by atoms with Crippen LogP contribution in [0.25, 0.3) is 0 Å². The number of alkyl halides is 1. The maximum atomic E-state index is 13.2.